The van der Waals surface area contributed by atoms with E-state index in [2.05, 4.69) is 15.0 Å². The van der Waals surface area contributed by atoms with Crippen molar-refractivity contribution in [2.75, 3.05) is 0 Å². The highest BCUT2D eigenvalue weighted by Crippen LogP contribution is 2.16. The Balaban J connectivity index is 2.71. The Morgan fingerprint density at radius 3 is 2.93 bits per heavy atom. The van der Waals surface area contributed by atoms with Gasteiger partial charge in [-0.25, -0.2) is 0 Å². The first-order valence-corrected chi connectivity index (χ1v) is 4.26. The van der Waals surface area contributed by atoms with E-state index in [1.165, 1.54) is 0 Å². The molecule has 1 aromatic heterocycles. The molecular weight excluding hydrogens is 192 g/mol. The fourth-order valence-corrected chi connectivity index (χ4v) is 1.37. The second-order valence-corrected chi connectivity index (χ2v) is 2.88. The van der Waals surface area contributed by atoms with E-state index in [1.54, 1.807) is 24.4 Å². The normalized spacial score (nSPS) is 9.60. The molecule has 0 aliphatic carbocycles. The van der Waals surface area contributed by atoms with Gasteiger partial charge in [0.15, 0.2) is 0 Å². The lowest BCUT2D eigenvalue weighted by Crippen LogP contribution is -1.95. The van der Waals surface area contributed by atoms with E-state index in [-0.39, 0.29) is 0 Å². The maximum absolute atomic E-state index is 11.4. The van der Waals surface area contributed by atoms with Crippen molar-refractivity contribution in [2.24, 2.45) is 5.11 Å². The molecule has 0 saturated heterocycles. The molecule has 0 aliphatic heterocycles. The van der Waals surface area contributed by atoms with Crippen molar-refractivity contribution in [3.8, 4) is 0 Å². The Labute approximate surface area is 85.0 Å². The highest BCUT2D eigenvalue weighted by atomic mass is 16.1. The van der Waals surface area contributed by atoms with Crippen molar-refractivity contribution in [1.82, 2.24) is 4.98 Å². The standard InChI is InChI=1S/C10H6N4O/c11-14-13-10(15)8-5-1-3-7-4-2-6-12-9(7)8/h1-6H. The van der Waals surface area contributed by atoms with E-state index in [1.807, 2.05) is 12.1 Å². The van der Waals surface area contributed by atoms with Gasteiger partial charge < -0.3 is 0 Å². The number of pyridine rings is 1. The second-order valence-electron chi connectivity index (χ2n) is 2.88. The van der Waals surface area contributed by atoms with Crippen LogP contribution in [0.15, 0.2) is 41.6 Å². The molecule has 0 unspecified atom stereocenters. The molecule has 1 aromatic carbocycles. The molecule has 2 aromatic rings. The second kappa shape index (κ2) is 3.77. The number of hydrogen-bond acceptors (Lipinski definition) is 2. The van der Waals surface area contributed by atoms with Crippen LogP contribution in [0.1, 0.15) is 10.4 Å². The highest BCUT2D eigenvalue weighted by Gasteiger charge is 2.07. The maximum Gasteiger partial charge on any atom is 0.251 e. The zero-order valence-electron chi connectivity index (χ0n) is 7.66. The van der Waals surface area contributed by atoms with Crippen LogP contribution in [0.25, 0.3) is 21.3 Å². The third-order valence-corrected chi connectivity index (χ3v) is 2.00. The van der Waals surface area contributed by atoms with E-state index < -0.39 is 5.91 Å². The van der Waals surface area contributed by atoms with Gasteiger partial charge in [-0.2, -0.15) is 0 Å². The number of rotatable bonds is 1. The van der Waals surface area contributed by atoms with Gasteiger partial charge in [0.25, 0.3) is 5.91 Å². The number of carbonyl (C=O) groups excluding carboxylic acids is 1. The quantitative estimate of drug-likeness (QED) is 0.401. The van der Waals surface area contributed by atoms with Crippen LogP contribution in [0, 0.1) is 0 Å². The van der Waals surface area contributed by atoms with Crippen molar-refractivity contribution in [3.63, 3.8) is 0 Å². The summed E-state index contributed by atoms with van der Waals surface area (Å²) in [5, 5.41) is 3.89. The van der Waals surface area contributed by atoms with Crippen LogP contribution in [-0.2, 0) is 0 Å². The lowest BCUT2D eigenvalue weighted by atomic mass is 10.1. The van der Waals surface area contributed by atoms with Crippen molar-refractivity contribution < 1.29 is 4.79 Å². The Morgan fingerprint density at radius 2 is 2.13 bits per heavy atom. The van der Waals surface area contributed by atoms with Gasteiger partial charge in [0.2, 0.25) is 0 Å². The van der Waals surface area contributed by atoms with Gasteiger partial charge in [-0.1, -0.05) is 18.2 Å². The first-order valence-electron chi connectivity index (χ1n) is 4.26. The molecule has 5 nitrogen and oxygen atoms in total. The number of nitrogens with zero attached hydrogens (tertiary/aromatic N) is 4. The molecule has 0 spiro atoms. The molecule has 0 fully saturated rings. The Bertz CT molecular complexity index is 567. The Hall–Kier alpha value is -2.39. The summed E-state index contributed by atoms with van der Waals surface area (Å²) in [7, 11) is 0. The van der Waals surface area contributed by atoms with Crippen LogP contribution in [0.4, 0.5) is 0 Å². The summed E-state index contributed by atoms with van der Waals surface area (Å²) in [6.45, 7) is 0. The molecule has 72 valence electrons. The van der Waals surface area contributed by atoms with E-state index >= 15 is 0 Å². The zero-order valence-corrected chi connectivity index (χ0v) is 7.66. The maximum atomic E-state index is 11.4. The van der Waals surface area contributed by atoms with Crippen molar-refractivity contribution >= 4 is 16.8 Å². The highest BCUT2D eigenvalue weighted by molar-refractivity contribution is 6.05. The number of carbonyl (C=O) groups is 1. The summed E-state index contributed by atoms with van der Waals surface area (Å²) in [6, 6.07) is 8.78. The lowest BCUT2D eigenvalue weighted by molar-refractivity contribution is 0.100. The molecule has 0 saturated carbocycles. The molecular formula is C10H6N4O. The number of hydrogen-bond donors (Lipinski definition) is 0. The van der Waals surface area contributed by atoms with Crippen LogP contribution in [0.3, 0.4) is 0 Å². The SMILES string of the molecule is [N-]=[N+]=NC(=O)c1cccc2cccnc12. The van der Waals surface area contributed by atoms with Crippen molar-refractivity contribution in [2.45, 2.75) is 0 Å². The summed E-state index contributed by atoms with van der Waals surface area (Å²) in [5.41, 5.74) is 9.07. The van der Waals surface area contributed by atoms with Gasteiger partial charge in [0.05, 0.1) is 11.1 Å². The number of amides is 1. The number of para-hydroxylation sites is 1. The number of aromatic nitrogens is 1. The minimum absolute atomic E-state index is 0.325. The van der Waals surface area contributed by atoms with E-state index in [0.29, 0.717) is 11.1 Å². The van der Waals surface area contributed by atoms with Gasteiger partial charge in [0.1, 0.15) is 0 Å². The van der Waals surface area contributed by atoms with Crippen molar-refractivity contribution in [1.29, 1.82) is 0 Å². The molecule has 2 rings (SSSR count). The molecule has 15 heavy (non-hydrogen) atoms. The van der Waals surface area contributed by atoms with Gasteiger partial charge in [0, 0.05) is 16.5 Å². The van der Waals surface area contributed by atoms with Gasteiger partial charge in [-0.05, 0) is 22.8 Å². The van der Waals surface area contributed by atoms with Crippen LogP contribution in [-0.4, -0.2) is 10.9 Å². The topological polar surface area (TPSA) is 78.7 Å². The predicted molar refractivity (Wildman–Crippen MR) is 55.2 cm³/mol. The molecule has 0 radical (unpaired) electrons. The molecule has 0 aliphatic rings. The smallest absolute Gasteiger partial charge is 0.251 e. The number of benzene rings is 1. The van der Waals surface area contributed by atoms with Crippen LogP contribution in [0.2, 0.25) is 0 Å². The fourth-order valence-electron chi connectivity index (χ4n) is 1.37. The molecule has 0 atom stereocenters. The van der Waals surface area contributed by atoms with E-state index in [4.69, 9.17) is 5.53 Å². The molecule has 5 heteroatoms. The average molecular weight is 198 g/mol. The van der Waals surface area contributed by atoms with E-state index in [0.717, 1.165) is 5.39 Å². The first-order chi connectivity index (χ1) is 7.33. The molecule has 0 bridgehead atoms. The van der Waals surface area contributed by atoms with Crippen LogP contribution in [0.5, 0.6) is 0 Å². The summed E-state index contributed by atoms with van der Waals surface area (Å²) >= 11 is 0. The van der Waals surface area contributed by atoms with Crippen molar-refractivity contribution in [3.05, 3.63) is 52.5 Å². The fraction of sp³-hybridized carbons (Fsp3) is 0. The number of fused-ring (bicyclic) bond motifs is 1. The Morgan fingerprint density at radius 1 is 1.33 bits per heavy atom. The third-order valence-electron chi connectivity index (χ3n) is 2.00. The monoisotopic (exact) mass is 198 g/mol. The van der Waals surface area contributed by atoms with Crippen LogP contribution < -0.4 is 0 Å². The van der Waals surface area contributed by atoms with Gasteiger partial charge in [-0.15, -0.1) is 0 Å². The molecule has 1 amide bonds. The van der Waals surface area contributed by atoms with Gasteiger partial charge in [-0.3, -0.25) is 9.78 Å². The largest absolute Gasteiger partial charge is 0.287 e. The minimum Gasteiger partial charge on any atom is -0.287 e. The third kappa shape index (κ3) is 1.63. The predicted octanol–water partition coefficient (Wildman–Crippen LogP) is 2.69. The first kappa shape index (κ1) is 9.18. The summed E-state index contributed by atoms with van der Waals surface area (Å²) in [5.74, 6) is -0.609. The lowest BCUT2D eigenvalue weighted by Gasteiger charge is -2.00. The van der Waals surface area contributed by atoms with Gasteiger partial charge >= 0.3 is 0 Å². The number of azide groups is 1. The average Bonchev–Trinajstić information content (AvgIpc) is 2.28. The summed E-state index contributed by atoms with van der Waals surface area (Å²) in [6.07, 6.45) is 1.59. The Kier molecular flexibility index (Phi) is 2.31. The summed E-state index contributed by atoms with van der Waals surface area (Å²) < 4.78 is 0. The van der Waals surface area contributed by atoms with E-state index in [9.17, 15) is 4.79 Å². The molecule has 0 N–H and O–H groups in total. The minimum atomic E-state index is -0.609. The summed E-state index contributed by atoms with van der Waals surface area (Å²) in [4.78, 5) is 17.9. The molecule has 1 heterocycles. The zero-order chi connectivity index (χ0) is 10.7. The van der Waals surface area contributed by atoms with Crippen LogP contribution >= 0.6 is 0 Å².